The van der Waals surface area contributed by atoms with E-state index in [-0.39, 0.29) is 11.6 Å². The average molecular weight is 271 g/mol. The minimum Gasteiger partial charge on any atom is -0.494 e. The van der Waals surface area contributed by atoms with Gasteiger partial charge >= 0.3 is 0 Å². The molecule has 1 N–H and O–H groups in total. The monoisotopic (exact) mass is 271 g/mol. The van der Waals surface area contributed by atoms with Gasteiger partial charge in [0.2, 0.25) is 0 Å². The highest BCUT2D eigenvalue weighted by Gasteiger charge is 2.16. The normalized spacial score (nSPS) is 18.2. The van der Waals surface area contributed by atoms with Crippen molar-refractivity contribution in [3.63, 3.8) is 0 Å². The van der Waals surface area contributed by atoms with Gasteiger partial charge in [0.05, 0.1) is 7.11 Å². The Morgan fingerprint density at radius 2 is 1.95 bits per heavy atom. The molecule has 1 aliphatic rings. The maximum absolute atomic E-state index is 14.2. The lowest BCUT2D eigenvalue weighted by molar-refractivity contribution is 0.387. The first kappa shape index (κ1) is 13.1. The van der Waals surface area contributed by atoms with E-state index >= 15 is 0 Å². The minimum atomic E-state index is -0.304. The van der Waals surface area contributed by atoms with Gasteiger partial charge in [0, 0.05) is 11.6 Å². The van der Waals surface area contributed by atoms with Crippen molar-refractivity contribution in [3.05, 3.63) is 53.8 Å². The van der Waals surface area contributed by atoms with Gasteiger partial charge in [0.15, 0.2) is 11.6 Å². The molecule has 2 aromatic carbocycles. The van der Waals surface area contributed by atoms with Crippen LogP contribution in [0.15, 0.2) is 42.5 Å². The smallest absolute Gasteiger partial charge is 0.172 e. The lowest BCUT2D eigenvalue weighted by atomic mass is 9.99. The molecule has 0 aliphatic carbocycles. The summed E-state index contributed by atoms with van der Waals surface area (Å²) in [6, 6.07) is 13.8. The summed E-state index contributed by atoms with van der Waals surface area (Å²) in [5.41, 5.74) is 2.73. The zero-order chi connectivity index (χ0) is 13.9. The van der Waals surface area contributed by atoms with E-state index in [1.807, 2.05) is 18.2 Å². The maximum Gasteiger partial charge on any atom is 0.172 e. The number of rotatable bonds is 3. The van der Waals surface area contributed by atoms with Crippen molar-refractivity contribution in [2.45, 2.75) is 18.9 Å². The Labute approximate surface area is 118 Å². The van der Waals surface area contributed by atoms with Gasteiger partial charge in [-0.15, -0.1) is 0 Å². The molecule has 0 amide bonds. The van der Waals surface area contributed by atoms with Crippen molar-refractivity contribution in [1.29, 1.82) is 0 Å². The number of hydrogen-bond donors (Lipinski definition) is 1. The molecule has 0 bridgehead atoms. The first-order valence-corrected chi connectivity index (χ1v) is 6.96. The molecular formula is C17H18FNO. The molecule has 1 heterocycles. The molecule has 1 fully saturated rings. The van der Waals surface area contributed by atoms with Crippen LogP contribution in [0.5, 0.6) is 5.75 Å². The standard InChI is InChI=1S/C17H18FNO/c1-20-16-6-2-4-14(17(16)18)12-7-9-13(10-8-12)15-5-3-11-19-15/h2,4,6-10,15,19H,3,5,11H2,1H3. The highest BCUT2D eigenvalue weighted by molar-refractivity contribution is 5.66. The first-order chi connectivity index (χ1) is 9.79. The van der Waals surface area contributed by atoms with E-state index in [0.29, 0.717) is 11.6 Å². The fraction of sp³-hybridized carbons (Fsp3) is 0.294. The van der Waals surface area contributed by atoms with E-state index in [0.717, 1.165) is 12.1 Å². The van der Waals surface area contributed by atoms with Gasteiger partial charge in [-0.05, 0) is 36.6 Å². The Balaban J connectivity index is 1.91. The second-order valence-electron chi connectivity index (χ2n) is 5.09. The van der Waals surface area contributed by atoms with Crippen LogP contribution in [0.25, 0.3) is 11.1 Å². The fourth-order valence-corrected chi connectivity index (χ4v) is 2.76. The van der Waals surface area contributed by atoms with Gasteiger partial charge in [-0.25, -0.2) is 4.39 Å². The van der Waals surface area contributed by atoms with Crippen LogP contribution in [0.4, 0.5) is 4.39 Å². The summed E-state index contributed by atoms with van der Waals surface area (Å²) < 4.78 is 19.2. The Morgan fingerprint density at radius 1 is 1.15 bits per heavy atom. The van der Waals surface area contributed by atoms with Crippen molar-refractivity contribution in [3.8, 4) is 16.9 Å². The molecule has 1 aliphatic heterocycles. The molecule has 2 aromatic rings. The first-order valence-electron chi connectivity index (χ1n) is 6.96. The summed E-state index contributed by atoms with van der Waals surface area (Å²) in [7, 11) is 1.48. The number of methoxy groups -OCH3 is 1. The Morgan fingerprint density at radius 3 is 2.60 bits per heavy atom. The summed E-state index contributed by atoms with van der Waals surface area (Å²) in [5.74, 6) is -0.0224. The van der Waals surface area contributed by atoms with Gasteiger partial charge in [0.1, 0.15) is 0 Å². The molecule has 1 saturated heterocycles. The SMILES string of the molecule is COc1cccc(-c2ccc(C3CCCN3)cc2)c1F. The summed E-state index contributed by atoms with van der Waals surface area (Å²) >= 11 is 0. The minimum absolute atomic E-state index is 0.282. The van der Waals surface area contributed by atoms with Crippen molar-refractivity contribution >= 4 is 0 Å². The largest absolute Gasteiger partial charge is 0.494 e. The third kappa shape index (κ3) is 2.41. The van der Waals surface area contributed by atoms with Crippen LogP contribution in [0.1, 0.15) is 24.4 Å². The van der Waals surface area contributed by atoms with Crippen LogP contribution in [0.2, 0.25) is 0 Å². The Hall–Kier alpha value is -1.87. The van der Waals surface area contributed by atoms with Crippen LogP contribution >= 0.6 is 0 Å². The maximum atomic E-state index is 14.2. The fourth-order valence-electron chi connectivity index (χ4n) is 2.76. The summed E-state index contributed by atoms with van der Waals surface area (Å²) in [4.78, 5) is 0. The number of ether oxygens (including phenoxy) is 1. The van der Waals surface area contributed by atoms with Gasteiger partial charge < -0.3 is 10.1 Å². The zero-order valence-corrected chi connectivity index (χ0v) is 11.5. The third-order valence-corrected chi connectivity index (χ3v) is 3.87. The summed E-state index contributed by atoms with van der Waals surface area (Å²) in [6.07, 6.45) is 2.39. The van der Waals surface area contributed by atoms with E-state index in [9.17, 15) is 4.39 Å². The van der Waals surface area contributed by atoms with E-state index in [2.05, 4.69) is 17.4 Å². The van der Waals surface area contributed by atoms with E-state index in [1.165, 1.54) is 25.5 Å². The molecule has 0 radical (unpaired) electrons. The molecule has 3 heteroatoms. The molecular weight excluding hydrogens is 253 g/mol. The van der Waals surface area contributed by atoms with Crippen LogP contribution in [-0.2, 0) is 0 Å². The molecule has 0 spiro atoms. The second kappa shape index (κ2) is 5.63. The topological polar surface area (TPSA) is 21.3 Å². The number of nitrogens with one attached hydrogen (secondary N) is 1. The molecule has 3 rings (SSSR count). The van der Waals surface area contributed by atoms with Crippen molar-refractivity contribution in [2.24, 2.45) is 0 Å². The molecule has 0 aromatic heterocycles. The predicted octanol–water partition coefficient (Wildman–Crippen LogP) is 3.93. The second-order valence-corrected chi connectivity index (χ2v) is 5.09. The van der Waals surface area contributed by atoms with Crippen LogP contribution in [0.3, 0.4) is 0 Å². The summed E-state index contributed by atoms with van der Waals surface area (Å²) in [5, 5.41) is 3.47. The van der Waals surface area contributed by atoms with Crippen LogP contribution in [-0.4, -0.2) is 13.7 Å². The molecule has 1 atom stereocenters. The van der Waals surface area contributed by atoms with Gasteiger partial charge in [-0.3, -0.25) is 0 Å². The number of halogens is 1. The van der Waals surface area contributed by atoms with Gasteiger partial charge in [-0.2, -0.15) is 0 Å². The zero-order valence-electron chi connectivity index (χ0n) is 11.5. The van der Waals surface area contributed by atoms with Gasteiger partial charge in [0.25, 0.3) is 0 Å². The third-order valence-electron chi connectivity index (χ3n) is 3.87. The van der Waals surface area contributed by atoms with Crippen LogP contribution < -0.4 is 10.1 Å². The van der Waals surface area contributed by atoms with E-state index in [4.69, 9.17) is 4.74 Å². The predicted molar refractivity (Wildman–Crippen MR) is 78.4 cm³/mol. The number of benzene rings is 2. The molecule has 2 nitrogen and oxygen atoms in total. The molecule has 20 heavy (non-hydrogen) atoms. The molecule has 1 unspecified atom stereocenters. The Kier molecular flexibility index (Phi) is 3.70. The highest BCUT2D eigenvalue weighted by atomic mass is 19.1. The van der Waals surface area contributed by atoms with Crippen LogP contribution in [0, 0.1) is 5.82 Å². The molecule has 104 valence electrons. The molecule has 0 saturated carbocycles. The highest BCUT2D eigenvalue weighted by Crippen LogP contribution is 2.30. The number of hydrogen-bond acceptors (Lipinski definition) is 2. The quantitative estimate of drug-likeness (QED) is 0.913. The van der Waals surface area contributed by atoms with E-state index in [1.54, 1.807) is 12.1 Å². The summed E-state index contributed by atoms with van der Waals surface area (Å²) in [6.45, 7) is 1.08. The Bertz CT molecular complexity index is 588. The van der Waals surface area contributed by atoms with Gasteiger partial charge in [-0.1, -0.05) is 36.4 Å². The lowest BCUT2D eigenvalue weighted by Gasteiger charge is -2.12. The lowest BCUT2D eigenvalue weighted by Crippen LogP contribution is -2.12. The average Bonchev–Trinajstić information content (AvgIpc) is 3.02. The van der Waals surface area contributed by atoms with Crippen molar-refractivity contribution in [1.82, 2.24) is 5.32 Å². The van der Waals surface area contributed by atoms with Crippen molar-refractivity contribution < 1.29 is 9.13 Å². The van der Waals surface area contributed by atoms with E-state index < -0.39 is 0 Å². The van der Waals surface area contributed by atoms with Crippen molar-refractivity contribution in [2.75, 3.05) is 13.7 Å².